The van der Waals surface area contributed by atoms with E-state index in [1.54, 1.807) is 13.2 Å². The quantitative estimate of drug-likeness (QED) is 0.536. The Morgan fingerprint density at radius 3 is 2.95 bits per heavy atom. The summed E-state index contributed by atoms with van der Waals surface area (Å²) in [5.41, 5.74) is 3.61. The smallest absolute Gasteiger partial charge is 0.129 e. The van der Waals surface area contributed by atoms with Gasteiger partial charge < -0.3 is 4.74 Å². The van der Waals surface area contributed by atoms with Crippen LogP contribution in [-0.4, -0.2) is 33.5 Å². The minimum Gasteiger partial charge on any atom is -0.385 e. The second-order valence-electron chi connectivity index (χ2n) is 4.73. The van der Waals surface area contributed by atoms with Gasteiger partial charge in [-0.05, 0) is 24.6 Å². The van der Waals surface area contributed by atoms with Gasteiger partial charge in [0.2, 0.25) is 0 Å². The molecule has 0 N–H and O–H groups in total. The van der Waals surface area contributed by atoms with E-state index in [1.165, 1.54) is 0 Å². The molecule has 3 heterocycles. The van der Waals surface area contributed by atoms with Gasteiger partial charge in [0.15, 0.2) is 0 Å². The summed E-state index contributed by atoms with van der Waals surface area (Å²) in [4.78, 5) is 8.69. The molecule has 0 spiro atoms. The lowest BCUT2D eigenvalue weighted by Crippen LogP contribution is -2.01. The molecule has 3 aromatic heterocycles. The number of ether oxygens (including phenoxy) is 1. The molecule has 0 radical (unpaired) electrons. The van der Waals surface area contributed by atoms with E-state index in [1.807, 2.05) is 35.4 Å². The molecular weight excluding hydrogens is 288 g/mol. The van der Waals surface area contributed by atoms with E-state index in [0.29, 0.717) is 5.15 Å². The maximum Gasteiger partial charge on any atom is 0.129 e. The zero-order chi connectivity index (χ0) is 14.7. The molecule has 0 aliphatic heterocycles. The molecule has 0 saturated carbocycles. The van der Waals surface area contributed by atoms with Gasteiger partial charge >= 0.3 is 0 Å². The molecule has 0 fully saturated rings. The Kier molecular flexibility index (Phi) is 4.13. The number of fused-ring (bicyclic) bond motifs is 1. The first kappa shape index (κ1) is 14.0. The van der Waals surface area contributed by atoms with Crippen LogP contribution in [0.3, 0.4) is 0 Å². The number of rotatable bonds is 5. The second-order valence-corrected chi connectivity index (χ2v) is 5.12. The third-order valence-electron chi connectivity index (χ3n) is 3.21. The Morgan fingerprint density at radius 1 is 1.19 bits per heavy atom. The number of pyridine rings is 2. The van der Waals surface area contributed by atoms with E-state index in [2.05, 4.69) is 15.1 Å². The van der Waals surface area contributed by atoms with Crippen LogP contribution >= 0.6 is 11.6 Å². The molecule has 6 heteroatoms. The number of hydrogen-bond donors (Lipinski definition) is 0. The van der Waals surface area contributed by atoms with Crippen molar-refractivity contribution < 1.29 is 4.74 Å². The van der Waals surface area contributed by atoms with E-state index < -0.39 is 0 Å². The highest BCUT2D eigenvalue weighted by molar-refractivity contribution is 6.29. The van der Waals surface area contributed by atoms with Crippen LogP contribution in [0.1, 0.15) is 6.42 Å². The summed E-state index contributed by atoms with van der Waals surface area (Å²) in [5.74, 6) is 0. The van der Waals surface area contributed by atoms with Gasteiger partial charge in [0.1, 0.15) is 5.15 Å². The van der Waals surface area contributed by atoms with Crippen LogP contribution in [0.2, 0.25) is 5.15 Å². The fourth-order valence-corrected chi connectivity index (χ4v) is 2.30. The van der Waals surface area contributed by atoms with Crippen molar-refractivity contribution in [2.75, 3.05) is 13.7 Å². The average Bonchev–Trinajstić information content (AvgIpc) is 2.95. The molecule has 0 saturated heterocycles. The number of hydrogen-bond acceptors (Lipinski definition) is 4. The monoisotopic (exact) mass is 302 g/mol. The fourth-order valence-electron chi connectivity index (χ4n) is 2.15. The number of aryl methyl sites for hydroxylation is 1. The zero-order valence-corrected chi connectivity index (χ0v) is 12.4. The molecule has 0 aromatic carbocycles. The van der Waals surface area contributed by atoms with Crippen molar-refractivity contribution in [1.29, 1.82) is 0 Å². The summed E-state index contributed by atoms with van der Waals surface area (Å²) < 4.78 is 6.95. The van der Waals surface area contributed by atoms with Crippen LogP contribution in [-0.2, 0) is 11.3 Å². The van der Waals surface area contributed by atoms with Gasteiger partial charge in [0.05, 0.1) is 17.2 Å². The van der Waals surface area contributed by atoms with Crippen molar-refractivity contribution in [2.24, 2.45) is 0 Å². The third kappa shape index (κ3) is 3.20. The minimum absolute atomic E-state index is 0.469. The van der Waals surface area contributed by atoms with Crippen molar-refractivity contribution in [3.8, 4) is 11.1 Å². The van der Waals surface area contributed by atoms with E-state index in [4.69, 9.17) is 16.3 Å². The fraction of sp³-hybridized carbons (Fsp3) is 0.267. The Bertz CT molecular complexity index is 756. The van der Waals surface area contributed by atoms with Crippen molar-refractivity contribution in [3.05, 3.63) is 41.9 Å². The van der Waals surface area contributed by atoms with Gasteiger partial charge in [0.25, 0.3) is 0 Å². The van der Waals surface area contributed by atoms with Crippen LogP contribution in [0, 0.1) is 0 Å². The molecular formula is C15H15ClN4O. The first-order valence-corrected chi connectivity index (χ1v) is 7.08. The molecule has 0 atom stereocenters. The summed E-state index contributed by atoms with van der Waals surface area (Å²) >= 11 is 5.92. The van der Waals surface area contributed by atoms with Gasteiger partial charge in [-0.1, -0.05) is 11.6 Å². The summed E-state index contributed by atoms with van der Waals surface area (Å²) in [6.07, 6.45) is 6.60. The molecule has 0 amide bonds. The number of nitrogens with zero attached hydrogens (tertiary/aromatic N) is 4. The Morgan fingerprint density at radius 2 is 2.10 bits per heavy atom. The summed E-state index contributed by atoms with van der Waals surface area (Å²) in [5, 5.41) is 4.82. The summed E-state index contributed by atoms with van der Waals surface area (Å²) in [7, 11) is 1.70. The molecule has 3 aromatic rings. The number of methoxy groups -OCH3 is 1. The first-order chi connectivity index (χ1) is 10.3. The molecule has 0 aliphatic rings. The first-order valence-electron chi connectivity index (χ1n) is 6.70. The standard InChI is InChI=1S/C15H15ClN4O/c1-21-6-2-5-20-10-12(9-18-20)11-7-14-13(17-8-11)3-4-15(16)19-14/h3-4,7-10H,2,5-6H2,1H3. The van der Waals surface area contributed by atoms with Gasteiger partial charge in [0, 0.05) is 43.8 Å². The highest BCUT2D eigenvalue weighted by Gasteiger charge is 2.05. The van der Waals surface area contributed by atoms with Crippen LogP contribution in [0.5, 0.6) is 0 Å². The van der Waals surface area contributed by atoms with E-state index in [9.17, 15) is 0 Å². The Labute approximate surface area is 127 Å². The van der Waals surface area contributed by atoms with E-state index >= 15 is 0 Å². The van der Waals surface area contributed by atoms with E-state index in [0.717, 1.165) is 41.7 Å². The van der Waals surface area contributed by atoms with Crippen molar-refractivity contribution in [3.63, 3.8) is 0 Å². The zero-order valence-electron chi connectivity index (χ0n) is 11.7. The van der Waals surface area contributed by atoms with Crippen molar-refractivity contribution >= 4 is 22.6 Å². The lowest BCUT2D eigenvalue weighted by atomic mass is 10.1. The third-order valence-corrected chi connectivity index (χ3v) is 3.42. The molecule has 0 bridgehead atoms. The van der Waals surface area contributed by atoms with Gasteiger partial charge in [-0.3, -0.25) is 9.67 Å². The van der Waals surface area contributed by atoms with Gasteiger partial charge in [-0.2, -0.15) is 5.10 Å². The normalized spacial score (nSPS) is 11.1. The maximum atomic E-state index is 5.92. The van der Waals surface area contributed by atoms with Crippen molar-refractivity contribution in [2.45, 2.75) is 13.0 Å². The largest absolute Gasteiger partial charge is 0.385 e. The van der Waals surface area contributed by atoms with Gasteiger partial charge in [-0.15, -0.1) is 0 Å². The van der Waals surface area contributed by atoms with Crippen LogP contribution in [0.4, 0.5) is 0 Å². The van der Waals surface area contributed by atoms with Crippen molar-refractivity contribution in [1.82, 2.24) is 19.7 Å². The molecule has 0 aliphatic carbocycles. The summed E-state index contributed by atoms with van der Waals surface area (Å²) in [6.45, 7) is 1.56. The predicted molar refractivity (Wildman–Crippen MR) is 82.3 cm³/mol. The molecule has 0 unspecified atom stereocenters. The molecule has 5 nitrogen and oxygen atoms in total. The summed E-state index contributed by atoms with van der Waals surface area (Å²) in [6, 6.07) is 5.58. The lowest BCUT2D eigenvalue weighted by Gasteiger charge is -2.01. The Balaban J connectivity index is 1.86. The topological polar surface area (TPSA) is 52.8 Å². The predicted octanol–water partition coefficient (Wildman–Crippen LogP) is 3.18. The second kappa shape index (κ2) is 6.20. The molecule has 3 rings (SSSR count). The SMILES string of the molecule is COCCCn1cc(-c2cnc3ccc(Cl)nc3c2)cn1. The number of halogens is 1. The van der Waals surface area contributed by atoms with Crippen LogP contribution in [0.15, 0.2) is 36.8 Å². The Hall–Kier alpha value is -1.98. The highest BCUT2D eigenvalue weighted by Crippen LogP contribution is 2.22. The van der Waals surface area contributed by atoms with Crippen LogP contribution < -0.4 is 0 Å². The molecule has 21 heavy (non-hydrogen) atoms. The minimum atomic E-state index is 0.469. The van der Waals surface area contributed by atoms with Crippen LogP contribution in [0.25, 0.3) is 22.2 Å². The maximum absolute atomic E-state index is 5.92. The number of aromatic nitrogens is 4. The van der Waals surface area contributed by atoms with E-state index in [-0.39, 0.29) is 0 Å². The molecule has 108 valence electrons. The lowest BCUT2D eigenvalue weighted by molar-refractivity contribution is 0.189. The average molecular weight is 303 g/mol. The van der Waals surface area contributed by atoms with Gasteiger partial charge in [-0.25, -0.2) is 4.98 Å². The highest BCUT2D eigenvalue weighted by atomic mass is 35.5.